The molecule has 11 heteroatoms. The molecule has 0 spiro atoms. The molecule has 0 radical (unpaired) electrons. The summed E-state index contributed by atoms with van der Waals surface area (Å²) in [6.07, 6.45) is 5.58. The van der Waals surface area contributed by atoms with E-state index in [0.29, 0.717) is 54.3 Å². The smallest absolute Gasteiger partial charge is 0.262 e. The zero-order chi connectivity index (χ0) is 23.9. The average molecular weight is 487 g/mol. The van der Waals surface area contributed by atoms with Gasteiger partial charge in [-0.3, -0.25) is 4.79 Å². The molecule has 10 nitrogen and oxygen atoms in total. The first-order chi connectivity index (χ1) is 16.4. The van der Waals surface area contributed by atoms with E-state index in [2.05, 4.69) is 15.4 Å². The Hall–Kier alpha value is -2.76. The molecular formula is C23H30N6O4S. The minimum Gasteiger partial charge on any atom is -0.496 e. The summed E-state index contributed by atoms with van der Waals surface area (Å²) in [7, 11) is -0.374. The minimum absolute atomic E-state index is 0.151. The second-order valence-corrected chi connectivity index (χ2v) is 10.9. The predicted octanol–water partition coefficient (Wildman–Crippen LogP) is 1.97. The number of aromatic amines is 1. The third kappa shape index (κ3) is 4.01. The van der Waals surface area contributed by atoms with Crippen molar-refractivity contribution in [1.29, 1.82) is 0 Å². The van der Waals surface area contributed by atoms with Crippen molar-refractivity contribution in [3.63, 3.8) is 0 Å². The summed E-state index contributed by atoms with van der Waals surface area (Å²) in [6.45, 7) is 2.07. The van der Waals surface area contributed by atoms with E-state index in [1.165, 1.54) is 30.0 Å². The average Bonchev–Trinajstić information content (AvgIpc) is 3.21. The molecule has 34 heavy (non-hydrogen) atoms. The van der Waals surface area contributed by atoms with Crippen LogP contribution in [0.1, 0.15) is 43.7 Å². The van der Waals surface area contributed by atoms with Crippen molar-refractivity contribution in [2.75, 3.05) is 33.3 Å². The van der Waals surface area contributed by atoms with Crippen molar-refractivity contribution < 1.29 is 13.2 Å². The summed E-state index contributed by atoms with van der Waals surface area (Å²) in [5.41, 5.74) is 1.61. The van der Waals surface area contributed by atoms with E-state index in [-0.39, 0.29) is 16.4 Å². The van der Waals surface area contributed by atoms with Crippen LogP contribution in [0.2, 0.25) is 0 Å². The van der Waals surface area contributed by atoms with Crippen LogP contribution in [0.5, 0.6) is 5.75 Å². The Morgan fingerprint density at radius 3 is 2.56 bits per heavy atom. The molecule has 2 N–H and O–H groups in total. The topological polar surface area (TPSA) is 122 Å². The van der Waals surface area contributed by atoms with Crippen molar-refractivity contribution in [2.45, 2.75) is 42.9 Å². The summed E-state index contributed by atoms with van der Waals surface area (Å²) in [5, 5.41) is 8.36. The number of benzene rings is 1. The maximum atomic E-state index is 13.2. The van der Waals surface area contributed by atoms with Crippen LogP contribution in [0.4, 0.5) is 0 Å². The van der Waals surface area contributed by atoms with Gasteiger partial charge < -0.3 is 15.0 Å². The van der Waals surface area contributed by atoms with Crippen molar-refractivity contribution >= 4 is 21.1 Å². The Labute approximate surface area is 198 Å². The van der Waals surface area contributed by atoms with Crippen molar-refractivity contribution in [3.05, 3.63) is 34.2 Å². The number of fused-ring (bicyclic) bond motifs is 1. The Balaban J connectivity index is 1.56. The first kappa shape index (κ1) is 23.0. The lowest BCUT2D eigenvalue weighted by molar-refractivity contribution is 0.359. The predicted molar refractivity (Wildman–Crippen MR) is 129 cm³/mol. The number of nitrogens with one attached hydrogen (secondary N) is 2. The fraction of sp³-hybridized carbons (Fsp3) is 0.522. The first-order valence-corrected chi connectivity index (χ1v) is 13.2. The van der Waals surface area contributed by atoms with Crippen LogP contribution >= 0.6 is 0 Å². The molecule has 0 unspecified atom stereocenters. The van der Waals surface area contributed by atoms with Crippen LogP contribution in [-0.4, -0.2) is 65.8 Å². The molecule has 1 aliphatic heterocycles. The number of sulfonamides is 1. The van der Waals surface area contributed by atoms with Crippen LogP contribution < -0.4 is 15.6 Å². The normalized spacial score (nSPS) is 18.4. The number of rotatable bonds is 5. The molecule has 0 atom stereocenters. The number of methoxy groups -OCH3 is 1. The minimum atomic E-state index is -3.65. The maximum absolute atomic E-state index is 13.2. The quantitative estimate of drug-likeness (QED) is 0.565. The zero-order valence-electron chi connectivity index (χ0n) is 19.5. The molecular weight excluding hydrogens is 456 g/mol. The molecule has 1 saturated heterocycles. The van der Waals surface area contributed by atoms with Gasteiger partial charge in [0.25, 0.3) is 5.56 Å². The van der Waals surface area contributed by atoms with Crippen molar-refractivity contribution in [1.82, 2.24) is 29.4 Å². The van der Waals surface area contributed by atoms with Gasteiger partial charge in [-0.2, -0.15) is 9.40 Å². The fourth-order valence-corrected chi connectivity index (χ4v) is 6.49. The van der Waals surface area contributed by atoms with Gasteiger partial charge >= 0.3 is 0 Å². The fourth-order valence-electron chi connectivity index (χ4n) is 5.04. The molecule has 5 rings (SSSR count). The highest BCUT2D eigenvalue weighted by molar-refractivity contribution is 7.89. The lowest BCUT2D eigenvalue weighted by Gasteiger charge is -2.26. The number of aromatic nitrogens is 4. The third-order valence-electron chi connectivity index (χ3n) is 6.85. The van der Waals surface area contributed by atoms with E-state index in [4.69, 9.17) is 9.72 Å². The van der Waals surface area contributed by atoms with Crippen molar-refractivity contribution in [3.8, 4) is 17.1 Å². The molecule has 1 aliphatic carbocycles. The molecule has 182 valence electrons. The molecule has 3 aromatic rings. The van der Waals surface area contributed by atoms with Gasteiger partial charge in [-0.25, -0.2) is 18.1 Å². The van der Waals surface area contributed by atoms with Gasteiger partial charge in [0.15, 0.2) is 5.65 Å². The van der Waals surface area contributed by atoms with E-state index in [9.17, 15) is 13.2 Å². The van der Waals surface area contributed by atoms with Gasteiger partial charge in [0.1, 0.15) is 17.0 Å². The number of hydrogen-bond donors (Lipinski definition) is 2. The second kappa shape index (κ2) is 9.12. The standard InChI is InChI=1S/C23H30N6O4S/c1-28-22-19(20(27-28)15-6-4-3-5-7-15)23(30)26-21(25-22)17-9-8-16(14-18(17)33-2)34(31,32)29-12-10-24-11-13-29/h8-9,14-15,24H,3-7,10-13H2,1-2H3,(H,25,26,30). The largest absolute Gasteiger partial charge is 0.496 e. The van der Waals surface area contributed by atoms with E-state index >= 15 is 0 Å². The lowest BCUT2D eigenvalue weighted by atomic mass is 9.86. The highest BCUT2D eigenvalue weighted by Crippen LogP contribution is 2.35. The molecule has 0 amide bonds. The van der Waals surface area contributed by atoms with Crippen molar-refractivity contribution in [2.24, 2.45) is 7.05 Å². The molecule has 2 aromatic heterocycles. The molecule has 2 aliphatic rings. The summed E-state index contributed by atoms with van der Waals surface area (Å²) < 4.78 is 34.8. The number of aryl methyl sites for hydroxylation is 1. The molecule has 3 heterocycles. The molecule has 1 saturated carbocycles. The second-order valence-electron chi connectivity index (χ2n) is 8.97. The van der Waals surface area contributed by atoms with Gasteiger partial charge in [0, 0.05) is 45.2 Å². The zero-order valence-corrected chi connectivity index (χ0v) is 20.3. The SMILES string of the molecule is COc1cc(S(=O)(=O)N2CCNCC2)ccc1-c1nc2c(c(C3CCCCC3)nn2C)c(=O)[nH]1. The highest BCUT2D eigenvalue weighted by Gasteiger charge is 2.28. The van der Waals surface area contributed by atoms with E-state index < -0.39 is 10.0 Å². The van der Waals surface area contributed by atoms with Crippen LogP contribution in [0, 0.1) is 0 Å². The van der Waals surface area contributed by atoms with Gasteiger partial charge in [-0.05, 0) is 25.0 Å². The number of piperazine rings is 1. The lowest BCUT2D eigenvalue weighted by Crippen LogP contribution is -2.46. The number of ether oxygens (including phenoxy) is 1. The van der Waals surface area contributed by atoms with Crippen LogP contribution in [-0.2, 0) is 17.1 Å². The summed E-state index contributed by atoms with van der Waals surface area (Å²) >= 11 is 0. The van der Waals surface area contributed by atoms with Gasteiger partial charge in [0.2, 0.25) is 10.0 Å². The summed E-state index contributed by atoms with van der Waals surface area (Å²) in [6, 6.07) is 4.67. The summed E-state index contributed by atoms with van der Waals surface area (Å²) in [5.74, 6) is 0.919. The van der Waals surface area contributed by atoms with E-state index in [1.807, 2.05) is 0 Å². The van der Waals surface area contributed by atoms with E-state index in [1.54, 1.807) is 17.8 Å². The van der Waals surface area contributed by atoms with Gasteiger partial charge in [0.05, 0.1) is 23.3 Å². The molecule has 1 aromatic carbocycles. The number of H-pyrrole nitrogens is 1. The number of nitrogens with zero attached hydrogens (tertiary/aromatic N) is 4. The van der Waals surface area contributed by atoms with Crippen LogP contribution in [0.3, 0.4) is 0 Å². The Kier molecular flexibility index (Phi) is 6.17. The maximum Gasteiger partial charge on any atom is 0.262 e. The Morgan fingerprint density at radius 1 is 1.12 bits per heavy atom. The Morgan fingerprint density at radius 2 is 1.85 bits per heavy atom. The monoisotopic (exact) mass is 486 g/mol. The van der Waals surface area contributed by atoms with Crippen LogP contribution in [0.15, 0.2) is 27.9 Å². The van der Waals surface area contributed by atoms with Gasteiger partial charge in [-0.1, -0.05) is 19.3 Å². The third-order valence-corrected chi connectivity index (χ3v) is 8.75. The van der Waals surface area contributed by atoms with Crippen LogP contribution in [0.25, 0.3) is 22.4 Å². The first-order valence-electron chi connectivity index (χ1n) is 11.8. The molecule has 0 bridgehead atoms. The Bertz CT molecular complexity index is 1370. The van der Waals surface area contributed by atoms with Gasteiger partial charge in [-0.15, -0.1) is 0 Å². The van der Waals surface area contributed by atoms with E-state index in [0.717, 1.165) is 31.4 Å². The highest BCUT2D eigenvalue weighted by atomic mass is 32.2. The number of hydrogen-bond acceptors (Lipinski definition) is 7. The summed E-state index contributed by atoms with van der Waals surface area (Å²) in [4.78, 5) is 20.9. The molecule has 2 fully saturated rings.